The van der Waals surface area contributed by atoms with Crippen LogP contribution >= 0.6 is 34.8 Å². The summed E-state index contributed by atoms with van der Waals surface area (Å²) in [5, 5.41) is 3.63. The minimum absolute atomic E-state index is 0.0450. The van der Waals surface area contributed by atoms with Gasteiger partial charge in [-0.1, -0.05) is 89.4 Å². The molecule has 4 rings (SSSR count). The number of likely N-dealkylation sites (N-methyl/N-ethyl adjacent to an activating group) is 1. The summed E-state index contributed by atoms with van der Waals surface area (Å²) in [7, 11) is -2.75. The van der Waals surface area contributed by atoms with E-state index in [9.17, 15) is 18.0 Å². The van der Waals surface area contributed by atoms with E-state index >= 15 is 0 Å². The molecule has 0 saturated carbocycles. The molecule has 0 fully saturated rings. The van der Waals surface area contributed by atoms with Crippen LogP contribution < -0.4 is 9.62 Å². The van der Waals surface area contributed by atoms with E-state index < -0.39 is 34.4 Å². The van der Waals surface area contributed by atoms with Crippen LogP contribution in [-0.4, -0.2) is 44.8 Å². The second-order valence-corrected chi connectivity index (χ2v) is 12.5. The number of anilines is 1. The van der Waals surface area contributed by atoms with Gasteiger partial charge in [0.1, 0.15) is 12.6 Å². The molecule has 0 aliphatic rings. The first-order chi connectivity index (χ1) is 20.1. The Bertz CT molecular complexity index is 1620. The summed E-state index contributed by atoms with van der Waals surface area (Å²) in [6.07, 6.45) is 0.170. The van der Waals surface area contributed by atoms with E-state index in [0.29, 0.717) is 20.6 Å². The fourth-order valence-electron chi connectivity index (χ4n) is 4.43. The van der Waals surface area contributed by atoms with Gasteiger partial charge in [0.05, 0.1) is 10.6 Å². The predicted octanol–water partition coefficient (Wildman–Crippen LogP) is 6.23. The van der Waals surface area contributed by atoms with Gasteiger partial charge in [0.25, 0.3) is 10.0 Å². The minimum atomic E-state index is -4.22. The third-order valence-corrected chi connectivity index (χ3v) is 9.38. The van der Waals surface area contributed by atoms with Crippen molar-refractivity contribution in [2.75, 3.05) is 17.9 Å². The third-order valence-electron chi connectivity index (χ3n) is 6.63. The van der Waals surface area contributed by atoms with E-state index in [2.05, 4.69) is 5.32 Å². The van der Waals surface area contributed by atoms with Crippen LogP contribution in [0.3, 0.4) is 0 Å². The summed E-state index contributed by atoms with van der Waals surface area (Å²) in [6, 6.07) is 27.1. The molecule has 218 valence electrons. The SMILES string of the molecule is CNC(=O)[C@@H](Cc1ccccc1)N(Cc1c(Cl)cccc1Cl)C(=O)CN(c1ccccc1)S(=O)(=O)c1ccc(Cl)cc1. The molecule has 0 unspecified atom stereocenters. The summed E-state index contributed by atoms with van der Waals surface area (Å²) in [5.74, 6) is -1.06. The highest BCUT2D eigenvalue weighted by atomic mass is 35.5. The quantitative estimate of drug-likeness (QED) is 0.210. The standard InChI is InChI=1S/C31H28Cl3N3O4S/c1-35-31(39)29(19-22-9-4-2-5-10-22)36(20-26-27(33)13-8-14-28(26)34)30(38)21-37(24-11-6-3-7-12-24)42(40,41)25-17-15-23(32)16-18-25/h2-18,29H,19-21H2,1H3,(H,35,39)/t29-/m1/s1. The first-order valence-corrected chi connectivity index (χ1v) is 15.5. The molecular weight excluding hydrogens is 617 g/mol. The van der Waals surface area contributed by atoms with Crippen molar-refractivity contribution in [2.45, 2.75) is 23.9 Å². The van der Waals surface area contributed by atoms with Crippen LogP contribution in [0.2, 0.25) is 15.1 Å². The third kappa shape index (κ3) is 7.44. The Balaban J connectivity index is 1.80. The second-order valence-electron chi connectivity index (χ2n) is 9.34. The number of nitrogens with one attached hydrogen (secondary N) is 1. The molecule has 2 amide bonds. The van der Waals surface area contributed by atoms with E-state index in [1.807, 2.05) is 30.3 Å². The summed E-state index contributed by atoms with van der Waals surface area (Å²) < 4.78 is 28.8. The Morgan fingerprint density at radius 2 is 1.36 bits per heavy atom. The molecule has 1 N–H and O–H groups in total. The van der Waals surface area contributed by atoms with E-state index in [-0.39, 0.29) is 23.5 Å². The number of carbonyl (C=O) groups excluding carboxylic acids is 2. The van der Waals surface area contributed by atoms with Gasteiger partial charge in [-0.2, -0.15) is 0 Å². The van der Waals surface area contributed by atoms with Crippen LogP contribution in [0.5, 0.6) is 0 Å². The molecule has 4 aromatic rings. The van der Waals surface area contributed by atoms with Crippen LogP contribution in [0.4, 0.5) is 5.69 Å². The first-order valence-electron chi connectivity index (χ1n) is 12.9. The van der Waals surface area contributed by atoms with E-state index in [1.165, 1.54) is 36.2 Å². The lowest BCUT2D eigenvalue weighted by atomic mass is 10.0. The molecule has 0 aromatic heterocycles. The van der Waals surface area contributed by atoms with E-state index in [0.717, 1.165) is 9.87 Å². The number of rotatable bonds is 11. The molecule has 0 aliphatic heterocycles. The minimum Gasteiger partial charge on any atom is -0.357 e. The maximum absolute atomic E-state index is 14.3. The first kappa shape index (κ1) is 31.4. The molecule has 0 aliphatic carbocycles. The number of hydrogen-bond donors (Lipinski definition) is 1. The van der Waals surface area contributed by atoms with Gasteiger partial charge >= 0.3 is 0 Å². The van der Waals surface area contributed by atoms with Gasteiger partial charge in [0.15, 0.2) is 0 Å². The molecule has 11 heteroatoms. The van der Waals surface area contributed by atoms with Crippen molar-refractivity contribution < 1.29 is 18.0 Å². The smallest absolute Gasteiger partial charge is 0.264 e. The Labute approximate surface area is 260 Å². The van der Waals surface area contributed by atoms with Crippen LogP contribution in [-0.2, 0) is 32.6 Å². The molecule has 1 atom stereocenters. The van der Waals surface area contributed by atoms with Gasteiger partial charge < -0.3 is 10.2 Å². The Kier molecular flexibility index (Phi) is 10.5. The summed E-state index contributed by atoms with van der Waals surface area (Å²) in [5.41, 5.74) is 1.52. The number of amides is 2. The molecule has 7 nitrogen and oxygen atoms in total. The topological polar surface area (TPSA) is 86.8 Å². The Morgan fingerprint density at radius 1 is 0.786 bits per heavy atom. The molecule has 0 spiro atoms. The van der Waals surface area contributed by atoms with Gasteiger partial charge in [-0.15, -0.1) is 0 Å². The molecule has 0 bridgehead atoms. The van der Waals surface area contributed by atoms with Crippen molar-refractivity contribution in [2.24, 2.45) is 0 Å². The zero-order valence-electron chi connectivity index (χ0n) is 22.6. The van der Waals surface area contributed by atoms with Gasteiger partial charge in [-0.05, 0) is 54.1 Å². The van der Waals surface area contributed by atoms with Crippen LogP contribution in [0.15, 0.2) is 108 Å². The van der Waals surface area contributed by atoms with Crippen molar-refractivity contribution in [3.05, 3.63) is 129 Å². The number of hydrogen-bond acceptors (Lipinski definition) is 4. The van der Waals surface area contributed by atoms with Crippen LogP contribution in [0.25, 0.3) is 0 Å². The average Bonchev–Trinajstić information content (AvgIpc) is 2.99. The number of sulfonamides is 1. The molecular formula is C31H28Cl3N3O4S. The van der Waals surface area contributed by atoms with Crippen molar-refractivity contribution in [3.63, 3.8) is 0 Å². The molecule has 0 heterocycles. The maximum Gasteiger partial charge on any atom is 0.264 e. The monoisotopic (exact) mass is 643 g/mol. The van der Waals surface area contributed by atoms with E-state index in [4.69, 9.17) is 34.8 Å². The highest BCUT2D eigenvalue weighted by Gasteiger charge is 2.34. The maximum atomic E-state index is 14.3. The zero-order chi connectivity index (χ0) is 30.3. The Morgan fingerprint density at radius 3 is 1.93 bits per heavy atom. The lowest BCUT2D eigenvalue weighted by Crippen LogP contribution is -2.53. The molecule has 42 heavy (non-hydrogen) atoms. The lowest BCUT2D eigenvalue weighted by Gasteiger charge is -2.34. The fraction of sp³-hybridized carbons (Fsp3) is 0.161. The fourth-order valence-corrected chi connectivity index (χ4v) is 6.49. The number of benzene rings is 4. The number of nitrogens with zero attached hydrogens (tertiary/aromatic N) is 2. The van der Waals surface area contributed by atoms with Crippen LogP contribution in [0.1, 0.15) is 11.1 Å². The summed E-state index contributed by atoms with van der Waals surface area (Å²) in [4.78, 5) is 28.9. The zero-order valence-corrected chi connectivity index (χ0v) is 25.7. The summed E-state index contributed by atoms with van der Waals surface area (Å²) in [6.45, 7) is -0.731. The Hall–Kier alpha value is -3.56. The van der Waals surface area contributed by atoms with Crippen molar-refractivity contribution in [1.82, 2.24) is 10.2 Å². The lowest BCUT2D eigenvalue weighted by molar-refractivity contribution is -0.139. The van der Waals surface area contributed by atoms with Gasteiger partial charge in [0, 0.05) is 40.6 Å². The molecule has 0 saturated heterocycles. The van der Waals surface area contributed by atoms with Crippen molar-refractivity contribution in [1.29, 1.82) is 0 Å². The predicted molar refractivity (Wildman–Crippen MR) is 167 cm³/mol. The molecule has 4 aromatic carbocycles. The van der Waals surface area contributed by atoms with Gasteiger partial charge in [-0.25, -0.2) is 8.42 Å². The number of para-hydroxylation sites is 1. The van der Waals surface area contributed by atoms with Gasteiger partial charge in [-0.3, -0.25) is 13.9 Å². The van der Waals surface area contributed by atoms with Crippen LogP contribution in [0, 0.1) is 0 Å². The second kappa shape index (κ2) is 14.1. The normalized spacial score (nSPS) is 11.9. The van der Waals surface area contributed by atoms with E-state index in [1.54, 1.807) is 48.5 Å². The summed E-state index contributed by atoms with van der Waals surface area (Å²) >= 11 is 19.0. The van der Waals surface area contributed by atoms with Crippen molar-refractivity contribution in [3.8, 4) is 0 Å². The van der Waals surface area contributed by atoms with Crippen molar-refractivity contribution >= 4 is 62.3 Å². The van der Waals surface area contributed by atoms with Gasteiger partial charge in [0.2, 0.25) is 11.8 Å². The highest BCUT2D eigenvalue weighted by Crippen LogP contribution is 2.29. The number of halogens is 3. The average molecular weight is 645 g/mol. The largest absolute Gasteiger partial charge is 0.357 e. The highest BCUT2D eigenvalue weighted by molar-refractivity contribution is 7.92. The molecule has 0 radical (unpaired) electrons. The number of carbonyl (C=O) groups is 2.